The Labute approximate surface area is 352 Å². The number of hydrogen-bond donors (Lipinski definition) is 0. The van der Waals surface area contributed by atoms with Crippen LogP contribution >= 0.6 is 0 Å². The second-order valence-electron chi connectivity index (χ2n) is 17.8. The van der Waals surface area contributed by atoms with Crippen molar-refractivity contribution < 1.29 is 0 Å². The lowest BCUT2D eigenvalue weighted by Crippen LogP contribution is -2.51. The average molecular weight is 768 g/mol. The lowest BCUT2D eigenvalue weighted by molar-refractivity contribution is 0.219. The fraction of sp³-hybridized carbons (Fsp3) is 0.136. The Balaban J connectivity index is 1.16. The molecule has 4 unspecified atom stereocenters. The van der Waals surface area contributed by atoms with E-state index in [2.05, 4.69) is 220 Å². The van der Waals surface area contributed by atoms with Crippen molar-refractivity contribution >= 4 is 17.2 Å². The van der Waals surface area contributed by atoms with E-state index in [0.29, 0.717) is 11.8 Å². The van der Waals surface area contributed by atoms with Crippen LogP contribution in [0.4, 0.5) is 0 Å². The van der Waals surface area contributed by atoms with Crippen molar-refractivity contribution in [3.8, 4) is 44.8 Å². The zero-order valence-corrected chi connectivity index (χ0v) is 34.0. The van der Waals surface area contributed by atoms with E-state index in [1.54, 1.807) is 0 Å². The third-order valence-corrected chi connectivity index (χ3v) is 14.4. The van der Waals surface area contributed by atoms with E-state index in [9.17, 15) is 0 Å². The number of hydrogen-bond acceptors (Lipinski definition) is 1. The normalized spacial score (nSPS) is 22.1. The van der Waals surface area contributed by atoms with Gasteiger partial charge in [-0.2, -0.15) is 0 Å². The van der Waals surface area contributed by atoms with Gasteiger partial charge in [0.2, 0.25) is 0 Å². The van der Waals surface area contributed by atoms with Crippen LogP contribution in [0.5, 0.6) is 0 Å². The Morgan fingerprint density at radius 3 is 1.95 bits per heavy atom. The van der Waals surface area contributed by atoms with Crippen LogP contribution in [0.25, 0.3) is 62.0 Å². The Morgan fingerprint density at radius 1 is 0.517 bits per heavy atom. The molecule has 0 amide bonds. The molecule has 5 aliphatic rings. The van der Waals surface area contributed by atoms with Crippen molar-refractivity contribution in [3.63, 3.8) is 0 Å². The lowest BCUT2D eigenvalue weighted by Gasteiger charge is -2.54. The molecule has 12 rings (SSSR count). The van der Waals surface area contributed by atoms with E-state index >= 15 is 0 Å². The molecule has 5 aliphatic carbocycles. The summed E-state index contributed by atoms with van der Waals surface area (Å²) in [7, 11) is 0. The minimum absolute atomic E-state index is 0.0479. The monoisotopic (exact) mass is 767 g/mol. The number of pyridine rings is 1. The predicted molar refractivity (Wildman–Crippen MR) is 249 cm³/mol. The van der Waals surface area contributed by atoms with Gasteiger partial charge in [0.25, 0.3) is 0 Å². The van der Waals surface area contributed by atoms with Gasteiger partial charge < -0.3 is 0 Å². The van der Waals surface area contributed by atoms with Crippen molar-refractivity contribution in [2.75, 3.05) is 0 Å². The molecule has 0 radical (unpaired) electrons. The first-order valence-corrected chi connectivity index (χ1v) is 21.6. The van der Waals surface area contributed by atoms with E-state index < -0.39 is 0 Å². The van der Waals surface area contributed by atoms with Crippen molar-refractivity contribution in [3.05, 3.63) is 239 Å². The molecule has 0 bridgehead atoms. The van der Waals surface area contributed by atoms with Crippen LogP contribution in [0, 0.1) is 17.8 Å². The molecule has 0 N–H and O–H groups in total. The summed E-state index contributed by atoms with van der Waals surface area (Å²) in [5.74, 6) is 0.948. The smallest absolute Gasteiger partial charge is 0.0715 e. The Hall–Kier alpha value is -6.83. The quantitative estimate of drug-likeness (QED) is 0.174. The second-order valence-corrected chi connectivity index (χ2v) is 17.8. The average Bonchev–Trinajstić information content (AvgIpc) is 3.61. The van der Waals surface area contributed by atoms with E-state index in [4.69, 9.17) is 4.98 Å². The van der Waals surface area contributed by atoms with Crippen LogP contribution in [0.3, 0.4) is 0 Å². The summed E-state index contributed by atoms with van der Waals surface area (Å²) in [5, 5.41) is 2.70. The Kier molecular flexibility index (Phi) is 7.82. The van der Waals surface area contributed by atoms with E-state index in [1.807, 2.05) is 0 Å². The van der Waals surface area contributed by atoms with E-state index in [1.165, 1.54) is 71.7 Å². The molecule has 1 heterocycles. The molecule has 4 atom stereocenters. The van der Waals surface area contributed by atoms with Gasteiger partial charge in [-0.15, -0.1) is 0 Å². The first kappa shape index (κ1) is 35.1. The molecule has 6 aromatic carbocycles. The van der Waals surface area contributed by atoms with Crippen molar-refractivity contribution in [2.24, 2.45) is 17.8 Å². The van der Waals surface area contributed by atoms with Gasteiger partial charge in [0.05, 0.1) is 16.8 Å². The second kappa shape index (κ2) is 13.3. The summed E-state index contributed by atoms with van der Waals surface area (Å²) < 4.78 is 0. The molecule has 286 valence electrons. The fourth-order valence-corrected chi connectivity index (χ4v) is 11.6. The number of nitrogens with zero attached hydrogens (tertiary/aromatic N) is 1. The summed E-state index contributed by atoms with van der Waals surface area (Å²) in [4.78, 5) is 5.31. The highest BCUT2D eigenvalue weighted by Gasteiger charge is 2.59. The summed E-state index contributed by atoms with van der Waals surface area (Å²) in [6.45, 7) is 4.91. The standard InChI is InChI=1S/C59H45N/c1-58(2)50-23-11-13-25-52(50)59(53-26-14-12-24-51(53)58)49-33-32-43(42-31-30-39-29-28-38-16-9-10-21-45(38)47(39)34-42)35-48(49)57-46(22-15-27-54(57)59)44-36-55(40-17-5-3-6-18-40)60-56(37-44)41-19-7-4-8-20-41/h3-28,30-37,39,50,52H,29H2,1-2H3. The topological polar surface area (TPSA) is 12.9 Å². The molecule has 1 nitrogen and oxygen atoms in total. The molecule has 7 aromatic rings. The molecule has 60 heavy (non-hydrogen) atoms. The maximum Gasteiger partial charge on any atom is 0.0715 e. The van der Waals surface area contributed by atoms with Gasteiger partial charge in [0.1, 0.15) is 0 Å². The molecule has 1 aromatic heterocycles. The van der Waals surface area contributed by atoms with Crippen molar-refractivity contribution in [1.82, 2.24) is 4.98 Å². The maximum absolute atomic E-state index is 5.31. The highest BCUT2D eigenvalue weighted by molar-refractivity contribution is 5.98. The summed E-state index contributed by atoms with van der Waals surface area (Å²) in [5.41, 5.74) is 18.4. The SMILES string of the molecule is CC1(C)c2ccccc2C2(c3ccc(C4=CC5=c6ccccc6=CCC5C=C4)cc3-c3c(-c4cc(-c5ccccc5)nc(-c5ccccc5)c4)cccc32)C2C=CC=CC21. The number of rotatable bonds is 4. The number of allylic oxidation sites excluding steroid dienone is 8. The molecule has 0 saturated heterocycles. The van der Waals surface area contributed by atoms with Crippen molar-refractivity contribution in [1.29, 1.82) is 0 Å². The third-order valence-electron chi connectivity index (χ3n) is 14.4. The molecule has 1 heteroatoms. The summed E-state index contributed by atoms with van der Waals surface area (Å²) >= 11 is 0. The van der Waals surface area contributed by atoms with Crippen LogP contribution in [-0.4, -0.2) is 4.98 Å². The molecule has 1 spiro atoms. The molecule has 0 aliphatic heterocycles. The lowest BCUT2D eigenvalue weighted by atomic mass is 9.48. The maximum atomic E-state index is 5.31. The fourth-order valence-electron chi connectivity index (χ4n) is 11.6. The van der Waals surface area contributed by atoms with Crippen LogP contribution in [0.15, 0.2) is 200 Å². The van der Waals surface area contributed by atoms with Gasteiger partial charge in [-0.1, -0.05) is 196 Å². The first-order valence-electron chi connectivity index (χ1n) is 21.6. The highest BCUT2D eigenvalue weighted by Crippen LogP contribution is 2.66. The predicted octanol–water partition coefficient (Wildman–Crippen LogP) is 12.7. The molecule has 0 saturated carbocycles. The van der Waals surface area contributed by atoms with Crippen LogP contribution in [0.2, 0.25) is 0 Å². The van der Waals surface area contributed by atoms with Gasteiger partial charge in [-0.05, 0) is 114 Å². The third kappa shape index (κ3) is 5.08. The van der Waals surface area contributed by atoms with Crippen LogP contribution in [-0.2, 0) is 10.8 Å². The van der Waals surface area contributed by atoms with E-state index in [-0.39, 0.29) is 16.7 Å². The van der Waals surface area contributed by atoms with Crippen LogP contribution in [0.1, 0.15) is 48.1 Å². The molecular formula is C59H45N. The Bertz CT molecular complexity index is 3100. The number of fused-ring (bicyclic) bond motifs is 11. The van der Waals surface area contributed by atoms with Crippen molar-refractivity contribution in [2.45, 2.75) is 31.1 Å². The van der Waals surface area contributed by atoms with Crippen LogP contribution < -0.4 is 10.4 Å². The zero-order valence-electron chi connectivity index (χ0n) is 34.0. The Morgan fingerprint density at radius 2 is 1.18 bits per heavy atom. The van der Waals surface area contributed by atoms with Gasteiger partial charge >= 0.3 is 0 Å². The minimum atomic E-state index is -0.385. The number of benzene rings is 6. The summed E-state index contributed by atoms with van der Waals surface area (Å²) in [6, 6.07) is 58.7. The molecule has 0 fully saturated rings. The minimum Gasteiger partial charge on any atom is -0.248 e. The molecular weight excluding hydrogens is 723 g/mol. The summed E-state index contributed by atoms with van der Waals surface area (Å²) in [6.07, 6.45) is 20.3. The van der Waals surface area contributed by atoms with Gasteiger partial charge in [0.15, 0.2) is 0 Å². The van der Waals surface area contributed by atoms with Gasteiger partial charge in [-0.25, -0.2) is 4.98 Å². The van der Waals surface area contributed by atoms with E-state index in [0.717, 1.165) is 28.9 Å². The number of aromatic nitrogens is 1. The highest BCUT2D eigenvalue weighted by atomic mass is 14.7. The van der Waals surface area contributed by atoms with Gasteiger partial charge in [0, 0.05) is 23.0 Å². The van der Waals surface area contributed by atoms with Gasteiger partial charge in [-0.3, -0.25) is 0 Å². The largest absolute Gasteiger partial charge is 0.248 e. The zero-order chi connectivity index (χ0) is 40.0. The first-order chi connectivity index (χ1) is 29.5.